The van der Waals surface area contributed by atoms with Gasteiger partial charge in [0.1, 0.15) is 5.82 Å². The fourth-order valence-corrected chi connectivity index (χ4v) is 4.56. The number of nitrogen functional groups attached to an aromatic ring is 1. The Hall–Kier alpha value is -2.91. The van der Waals surface area contributed by atoms with E-state index in [2.05, 4.69) is 15.3 Å². The van der Waals surface area contributed by atoms with E-state index in [4.69, 9.17) is 16.5 Å². The van der Waals surface area contributed by atoms with Gasteiger partial charge in [-0.15, -0.1) is 11.3 Å². The molecular weight excluding hydrogens is 379 g/mol. The van der Waals surface area contributed by atoms with E-state index >= 15 is 4.39 Å². The highest BCUT2D eigenvalue weighted by Gasteiger charge is 2.25. The Morgan fingerprint density at radius 3 is 2.71 bits per heavy atom. The molecule has 28 heavy (non-hydrogen) atoms. The van der Waals surface area contributed by atoms with E-state index in [-0.39, 0.29) is 17.1 Å². The lowest BCUT2D eigenvalue weighted by atomic mass is 9.99. The predicted octanol–water partition coefficient (Wildman–Crippen LogP) is 2.55. The Kier molecular flexibility index (Phi) is 5.01. The number of piperidine rings is 1. The van der Waals surface area contributed by atoms with Gasteiger partial charge in [0, 0.05) is 17.7 Å². The number of nitrogens with zero attached hydrogens (tertiary/aromatic N) is 3. The number of aromatic nitrogens is 3. The van der Waals surface area contributed by atoms with Gasteiger partial charge in [-0.3, -0.25) is 4.79 Å². The highest BCUT2D eigenvalue weighted by Crippen LogP contribution is 2.41. The molecule has 0 unspecified atom stereocenters. The number of hydrogen-bond donors (Lipinski definition) is 3. The lowest BCUT2D eigenvalue weighted by Gasteiger charge is -2.20. The minimum absolute atomic E-state index is 0.131. The summed E-state index contributed by atoms with van der Waals surface area (Å²) in [5.41, 5.74) is 12.1. The number of carbonyl (C=O) groups is 1. The molecule has 9 heteroatoms. The van der Waals surface area contributed by atoms with Crippen molar-refractivity contribution in [1.82, 2.24) is 20.3 Å². The predicted molar refractivity (Wildman–Crippen MR) is 106 cm³/mol. The van der Waals surface area contributed by atoms with Crippen LogP contribution in [0.15, 0.2) is 30.5 Å². The summed E-state index contributed by atoms with van der Waals surface area (Å²) in [5.74, 6) is -1.08. The van der Waals surface area contributed by atoms with Crippen LogP contribution >= 0.6 is 11.3 Å². The summed E-state index contributed by atoms with van der Waals surface area (Å²) < 4.78 is 15.0. The lowest BCUT2D eigenvalue weighted by molar-refractivity contribution is 0.0996. The van der Waals surface area contributed by atoms with E-state index in [1.165, 1.54) is 17.4 Å². The van der Waals surface area contributed by atoms with E-state index in [0.717, 1.165) is 30.9 Å². The topological polar surface area (TPSA) is 120 Å². The van der Waals surface area contributed by atoms with Crippen LogP contribution in [0.25, 0.3) is 21.8 Å². The van der Waals surface area contributed by atoms with Crippen LogP contribution in [0.1, 0.15) is 34.1 Å². The summed E-state index contributed by atoms with van der Waals surface area (Å²) in [4.78, 5) is 25.3. The largest absolute Gasteiger partial charge is 0.368 e. The maximum atomic E-state index is 15.0. The molecule has 2 aromatic heterocycles. The third-order valence-corrected chi connectivity index (χ3v) is 6.00. The van der Waals surface area contributed by atoms with Gasteiger partial charge in [0.2, 0.25) is 5.95 Å². The number of nitrogens with one attached hydrogen (secondary N) is 1. The molecular formula is C19H19FN6OS. The van der Waals surface area contributed by atoms with Crippen molar-refractivity contribution in [3.8, 4) is 21.8 Å². The normalized spacial score (nSPS) is 14.9. The summed E-state index contributed by atoms with van der Waals surface area (Å²) in [6.45, 7) is 1.84. The van der Waals surface area contributed by atoms with Crippen molar-refractivity contribution in [3.05, 3.63) is 46.9 Å². The Morgan fingerprint density at radius 1 is 1.21 bits per heavy atom. The molecule has 1 aromatic carbocycles. The monoisotopic (exact) mass is 398 g/mol. The minimum Gasteiger partial charge on any atom is -0.368 e. The number of thiazole rings is 1. The molecule has 3 heterocycles. The molecule has 0 atom stereocenters. The molecule has 7 nitrogen and oxygen atoms in total. The highest BCUT2D eigenvalue weighted by atomic mass is 32.1. The molecule has 0 bridgehead atoms. The lowest BCUT2D eigenvalue weighted by Crippen LogP contribution is -2.26. The first-order valence-corrected chi connectivity index (χ1v) is 9.75. The maximum absolute atomic E-state index is 15.0. The molecule has 0 radical (unpaired) electrons. The summed E-state index contributed by atoms with van der Waals surface area (Å²) in [6.07, 6.45) is 3.48. The van der Waals surface area contributed by atoms with Crippen LogP contribution in [0, 0.1) is 5.82 Å². The van der Waals surface area contributed by atoms with Crippen LogP contribution in [0.2, 0.25) is 0 Å². The van der Waals surface area contributed by atoms with Gasteiger partial charge in [0.25, 0.3) is 5.91 Å². The van der Waals surface area contributed by atoms with Gasteiger partial charge in [-0.25, -0.2) is 19.3 Å². The molecule has 4 rings (SSSR count). The number of nitrogens with two attached hydrogens (primary N) is 2. The van der Waals surface area contributed by atoms with Crippen molar-refractivity contribution in [3.63, 3.8) is 0 Å². The zero-order chi connectivity index (χ0) is 19.7. The molecule has 5 N–H and O–H groups in total. The van der Waals surface area contributed by atoms with Crippen molar-refractivity contribution in [2.75, 3.05) is 18.8 Å². The van der Waals surface area contributed by atoms with E-state index in [1.807, 2.05) is 0 Å². The number of benzene rings is 1. The van der Waals surface area contributed by atoms with Crippen LogP contribution in [-0.4, -0.2) is 33.9 Å². The summed E-state index contributed by atoms with van der Waals surface area (Å²) >= 11 is 1.48. The molecule has 144 valence electrons. The summed E-state index contributed by atoms with van der Waals surface area (Å²) in [6, 6.07) is 6.27. The molecule has 3 aromatic rings. The first kappa shape index (κ1) is 18.5. The van der Waals surface area contributed by atoms with Crippen molar-refractivity contribution < 1.29 is 9.18 Å². The fraction of sp³-hybridized carbons (Fsp3) is 0.263. The van der Waals surface area contributed by atoms with Gasteiger partial charge in [0.15, 0.2) is 0 Å². The van der Waals surface area contributed by atoms with Gasteiger partial charge in [-0.05, 0) is 44.1 Å². The van der Waals surface area contributed by atoms with Crippen LogP contribution in [-0.2, 0) is 0 Å². The molecule has 1 fully saturated rings. The van der Waals surface area contributed by atoms with Gasteiger partial charge >= 0.3 is 0 Å². The molecule has 1 aliphatic heterocycles. The van der Waals surface area contributed by atoms with Gasteiger partial charge in [-0.2, -0.15) is 0 Å². The average molecular weight is 398 g/mol. The molecule has 0 aliphatic carbocycles. The molecule has 1 amide bonds. The first-order chi connectivity index (χ1) is 13.5. The zero-order valence-electron chi connectivity index (χ0n) is 15.0. The smallest absolute Gasteiger partial charge is 0.251 e. The molecule has 0 spiro atoms. The summed E-state index contributed by atoms with van der Waals surface area (Å²) in [7, 11) is 0. The average Bonchev–Trinajstić information content (AvgIpc) is 3.14. The first-order valence-electron chi connectivity index (χ1n) is 8.93. The standard InChI is InChI=1S/C19H19FN6OS/c20-14-11(2-1-3-12(14)17(21)27)15-16(13-6-9-24-19(22)25-13)28-18(26-15)10-4-7-23-8-5-10/h1-3,6,9-10,23H,4-5,7-8H2,(H2,21,27)(H2,22,24,25). The third-order valence-electron chi connectivity index (χ3n) is 4.76. The van der Waals surface area contributed by atoms with Gasteiger partial charge in [-0.1, -0.05) is 6.07 Å². The Morgan fingerprint density at radius 2 is 2.00 bits per heavy atom. The fourth-order valence-electron chi connectivity index (χ4n) is 3.34. The number of primary amides is 1. The van der Waals surface area contributed by atoms with E-state index in [0.29, 0.717) is 22.2 Å². The SMILES string of the molecule is NC(=O)c1cccc(-c2nc(C3CCNCC3)sc2-c2ccnc(N)n2)c1F. The van der Waals surface area contributed by atoms with Gasteiger partial charge < -0.3 is 16.8 Å². The van der Waals surface area contributed by atoms with Crippen molar-refractivity contribution in [1.29, 1.82) is 0 Å². The van der Waals surface area contributed by atoms with Crippen LogP contribution in [0.3, 0.4) is 0 Å². The van der Waals surface area contributed by atoms with Crippen molar-refractivity contribution in [2.24, 2.45) is 5.73 Å². The third kappa shape index (κ3) is 3.46. The summed E-state index contributed by atoms with van der Waals surface area (Å²) in [5, 5.41) is 4.26. The molecule has 1 aliphatic rings. The number of amides is 1. The maximum Gasteiger partial charge on any atom is 0.251 e. The van der Waals surface area contributed by atoms with Crippen LogP contribution in [0.4, 0.5) is 10.3 Å². The minimum atomic E-state index is -0.819. The van der Waals surface area contributed by atoms with E-state index in [9.17, 15) is 4.79 Å². The number of anilines is 1. The Labute approximate surface area is 165 Å². The molecule has 1 saturated heterocycles. The second-order valence-electron chi connectivity index (χ2n) is 6.59. The van der Waals surface area contributed by atoms with Crippen molar-refractivity contribution >= 4 is 23.2 Å². The Balaban J connectivity index is 1.89. The second kappa shape index (κ2) is 7.61. The number of rotatable bonds is 4. The van der Waals surface area contributed by atoms with Gasteiger partial charge in [0.05, 0.1) is 26.8 Å². The van der Waals surface area contributed by atoms with Crippen molar-refractivity contribution in [2.45, 2.75) is 18.8 Å². The van der Waals surface area contributed by atoms with Crippen LogP contribution < -0.4 is 16.8 Å². The van der Waals surface area contributed by atoms with Crippen LogP contribution in [0.5, 0.6) is 0 Å². The van der Waals surface area contributed by atoms with E-state index in [1.54, 1.807) is 24.4 Å². The number of carbonyl (C=O) groups excluding carboxylic acids is 1. The Bertz CT molecular complexity index is 1030. The molecule has 0 saturated carbocycles. The number of hydrogen-bond acceptors (Lipinski definition) is 7. The quantitative estimate of drug-likeness (QED) is 0.621. The zero-order valence-corrected chi connectivity index (χ0v) is 15.8. The van der Waals surface area contributed by atoms with E-state index < -0.39 is 11.7 Å². The number of halogens is 1. The highest BCUT2D eigenvalue weighted by molar-refractivity contribution is 7.15. The second-order valence-corrected chi connectivity index (χ2v) is 7.62.